The molecule has 0 aliphatic carbocycles. The SMILES string of the molecule is CCCn1c(CO)nn(CN(C)Cc2nccn2C(F)F)c1=S. The van der Waals surface area contributed by atoms with Crippen LogP contribution in [0.5, 0.6) is 0 Å². The number of halogens is 2. The van der Waals surface area contributed by atoms with E-state index in [1.165, 1.54) is 12.4 Å². The van der Waals surface area contributed by atoms with Crippen molar-refractivity contribution in [3.05, 3.63) is 28.8 Å². The van der Waals surface area contributed by atoms with E-state index in [4.69, 9.17) is 12.2 Å². The molecule has 0 bridgehead atoms. The Balaban J connectivity index is 2.12. The molecule has 0 aliphatic rings. The number of aromatic nitrogens is 5. The maximum atomic E-state index is 12.8. The van der Waals surface area contributed by atoms with Crippen LogP contribution >= 0.6 is 12.2 Å². The predicted octanol–water partition coefficient (Wildman–Crippen LogP) is 2.00. The minimum atomic E-state index is -2.62. The van der Waals surface area contributed by atoms with E-state index in [2.05, 4.69) is 10.1 Å². The highest BCUT2D eigenvalue weighted by Crippen LogP contribution is 2.14. The molecule has 0 amide bonds. The lowest BCUT2D eigenvalue weighted by molar-refractivity contribution is 0.0636. The van der Waals surface area contributed by atoms with Gasteiger partial charge in [-0.2, -0.15) is 13.9 Å². The fourth-order valence-electron chi connectivity index (χ4n) is 2.31. The molecular formula is C13H20F2N6OS. The van der Waals surface area contributed by atoms with Crippen LogP contribution in [-0.4, -0.2) is 41.0 Å². The van der Waals surface area contributed by atoms with E-state index in [1.54, 1.807) is 21.2 Å². The van der Waals surface area contributed by atoms with Gasteiger partial charge in [0.15, 0.2) is 10.6 Å². The summed E-state index contributed by atoms with van der Waals surface area (Å²) in [6.45, 7) is 0.418. The standard InChI is InChI=1S/C13H20F2N6OS/c1-3-5-20-11(8-22)17-21(13(20)23)9-18(2)7-10-16-4-6-19(10)12(14)15/h4,6,12,22H,3,5,7-9H2,1-2H3. The Morgan fingerprint density at radius 1 is 1.39 bits per heavy atom. The van der Waals surface area contributed by atoms with Gasteiger partial charge in [-0.05, 0) is 25.7 Å². The van der Waals surface area contributed by atoms with Gasteiger partial charge in [-0.15, -0.1) is 0 Å². The van der Waals surface area contributed by atoms with Gasteiger partial charge < -0.3 is 9.67 Å². The highest BCUT2D eigenvalue weighted by Gasteiger charge is 2.15. The molecule has 0 aromatic carbocycles. The second-order valence-electron chi connectivity index (χ2n) is 5.19. The number of hydrogen-bond acceptors (Lipinski definition) is 5. The largest absolute Gasteiger partial charge is 0.388 e. The van der Waals surface area contributed by atoms with Crippen molar-refractivity contribution in [2.75, 3.05) is 7.05 Å². The van der Waals surface area contributed by atoms with Crippen LogP contribution in [0, 0.1) is 4.77 Å². The van der Waals surface area contributed by atoms with E-state index < -0.39 is 6.55 Å². The molecular weight excluding hydrogens is 326 g/mol. The van der Waals surface area contributed by atoms with Crippen molar-refractivity contribution in [3.63, 3.8) is 0 Å². The predicted molar refractivity (Wildman–Crippen MR) is 82.2 cm³/mol. The molecule has 23 heavy (non-hydrogen) atoms. The molecule has 0 spiro atoms. The van der Waals surface area contributed by atoms with E-state index in [9.17, 15) is 13.9 Å². The van der Waals surface area contributed by atoms with Gasteiger partial charge >= 0.3 is 6.55 Å². The van der Waals surface area contributed by atoms with E-state index >= 15 is 0 Å². The Morgan fingerprint density at radius 3 is 2.74 bits per heavy atom. The Morgan fingerprint density at radius 2 is 2.13 bits per heavy atom. The third-order valence-electron chi connectivity index (χ3n) is 3.33. The van der Waals surface area contributed by atoms with Crippen molar-refractivity contribution in [1.82, 2.24) is 28.8 Å². The first kappa shape index (κ1) is 17.7. The zero-order valence-electron chi connectivity index (χ0n) is 13.1. The maximum absolute atomic E-state index is 12.8. The molecule has 1 N–H and O–H groups in total. The van der Waals surface area contributed by atoms with Crippen molar-refractivity contribution in [2.24, 2.45) is 0 Å². The van der Waals surface area contributed by atoms with Crippen molar-refractivity contribution in [2.45, 2.75) is 46.3 Å². The molecule has 0 saturated heterocycles. The molecule has 0 unspecified atom stereocenters. The topological polar surface area (TPSA) is 64.0 Å². The van der Waals surface area contributed by atoms with Crippen LogP contribution in [0.2, 0.25) is 0 Å². The number of nitrogens with zero attached hydrogens (tertiary/aromatic N) is 6. The fraction of sp³-hybridized carbons (Fsp3) is 0.615. The summed E-state index contributed by atoms with van der Waals surface area (Å²) >= 11 is 5.36. The van der Waals surface area contributed by atoms with Gasteiger partial charge in [0.2, 0.25) is 0 Å². The smallest absolute Gasteiger partial charge is 0.319 e. The van der Waals surface area contributed by atoms with Gasteiger partial charge in [0, 0.05) is 18.9 Å². The molecule has 0 fully saturated rings. The molecule has 2 aromatic rings. The van der Waals surface area contributed by atoms with Crippen LogP contribution in [0.3, 0.4) is 0 Å². The highest BCUT2D eigenvalue weighted by atomic mass is 32.1. The molecule has 2 heterocycles. The summed E-state index contributed by atoms with van der Waals surface area (Å²) in [5, 5.41) is 13.7. The van der Waals surface area contributed by atoms with Crippen LogP contribution < -0.4 is 0 Å². The Kier molecular flexibility index (Phi) is 5.97. The molecule has 0 aliphatic heterocycles. The summed E-state index contributed by atoms with van der Waals surface area (Å²) < 4.78 is 30.3. The highest BCUT2D eigenvalue weighted by molar-refractivity contribution is 7.71. The lowest BCUT2D eigenvalue weighted by atomic mass is 10.4. The van der Waals surface area contributed by atoms with Gasteiger partial charge in [0.05, 0.1) is 13.2 Å². The van der Waals surface area contributed by atoms with Crippen molar-refractivity contribution >= 4 is 12.2 Å². The van der Waals surface area contributed by atoms with Gasteiger partial charge in [-0.1, -0.05) is 6.92 Å². The van der Waals surface area contributed by atoms with Gasteiger partial charge in [-0.3, -0.25) is 9.47 Å². The second-order valence-corrected chi connectivity index (χ2v) is 5.56. The first-order valence-electron chi connectivity index (χ1n) is 7.23. The minimum absolute atomic E-state index is 0.198. The Labute approximate surface area is 137 Å². The molecule has 7 nitrogen and oxygen atoms in total. The van der Waals surface area contributed by atoms with Crippen LogP contribution in [-0.2, 0) is 26.4 Å². The lowest BCUT2D eigenvalue weighted by Crippen LogP contribution is -2.24. The Hall–Kier alpha value is -1.65. The number of imidazole rings is 1. The summed E-state index contributed by atoms with van der Waals surface area (Å²) in [7, 11) is 1.77. The second kappa shape index (κ2) is 7.75. The van der Waals surface area contributed by atoms with Gasteiger partial charge in [-0.25, -0.2) is 9.67 Å². The maximum Gasteiger partial charge on any atom is 0.319 e. The molecule has 0 saturated carbocycles. The monoisotopic (exact) mass is 346 g/mol. The number of hydrogen-bond donors (Lipinski definition) is 1. The number of alkyl halides is 2. The summed E-state index contributed by atoms with van der Waals surface area (Å²) in [5.41, 5.74) is 0. The van der Waals surface area contributed by atoms with Crippen molar-refractivity contribution < 1.29 is 13.9 Å². The summed E-state index contributed by atoms with van der Waals surface area (Å²) in [6, 6.07) is 0. The van der Waals surface area contributed by atoms with Gasteiger partial charge in [0.25, 0.3) is 0 Å². The molecule has 0 atom stereocenters. The number of aliphatic hydroxyl groups excluding tert-OH is 1. The first-order valence-corrected chi connectivity index (χ1v) is 7.64. The van der Waals surface area contributed by atoms with Crippen LogP contribution in [0.15, 0.2) is 12.4 Å². The average Bonchev–Trinajstić information content (AvgIpc) is 3.07. The first-order chi connectivity index (χ1) is 11.0. The zero-order chi connectivity index (χ0) is 17.0. The molecule has 128 valence electrons. The summed E-state index contributed by atoms with van der Waals surface area (Å²) in [6.07, 6.45) is 3.47. The van der Waals surface area contributed by atoms with Gasteiger partial charge in [0.1, 0.15) is 12.4 Å². The number of aliphatic hydroxyl groups is 1. The summed E-state index contributed by atoms with van der Waals surface area (Å²) in [5.74, 6) is 0.767. The zero-order valence-corrected chi connectivity index (χ0v) is 13.9. The number of rotatable bonds is 8. The van der Waals surface area contributed by atoms with Crippen LogP contribution in [0.4, 0.5) is 8.78 Å². The van der Waals surface area contributed by atoms with E-state index in [0.717, 1.165) is 11.0 Å². The van der Waals surface area contributed by atoms with Crippen molar-refractivity contribution in [3.8, 4) is 0 Å². The van der Waals surface area contributed by atoms with Crippen LogP contribution in [0.25, 0.3) is 0 Å². The van der Waals surface area contributed by atoms with Crippen LogP contribution in [0.1, 0.15) is 31.5 Å². The van der Waals surface area contributed by atoms with Crippen molar-refractivity contribution in [1.29, 1.82) is 0 Å². The Bertz CT molecular complexity index is 695. The molecule has 0 radical (unpaired) electrons. The van der Waals surface area contributed by atoms with E-state index in [-0.39, 0.29) is 19.0 Å². The van der Waals surface area contributed by atoms with E-state index in [0.29, 0.717) is 23.8 Å². The average molecular weight is 346 g/mol. The minimum Gasteiger partial charge on any atom is -0.388 e. The molecule has 10 heteroatoms. The molecule has 2 aromatic heterocycles. The normalized spacial score (nSPS) is 11.8. The lowest BCUT2D eigenvalue weighted by Gasteiger charge is -2.16. The third-order valence-corrected chi connectivity index (χ3v) is 3.77. The van der Waals surface area contributed by atoms with E-state index in [1.807, 2.05) is 6.92 Å². The molecule has 2 rings (SSSR count). The third kappa shape index (κ3) is 4.01. The quantitative estimate of drug-likeness (QED) is 0.741. The summed E-state index contributed by atoms with van der Waals surface area (Å²) in [4.78, 5) is 5.73. The fourth-order valence-corrected chi connectivity index (χ4v) is 2.60.